The van der Waals surface area contributed by atoms with E-state index in [1.54, 1.807) is 6.92 Å². The maximum absolute atomic E-state index is 11.4. The Kier molecular flexibility index (Phi) is 10.1. The first-order chi connectivity index (χ1) is 9.04. The molecule has 0 heterocycles. The van der Waals surface area contributed by atoms with E-state index in [0.29, 0.717) is 5.71 Å². The number of hydrogen-bond donors (Lipinski definition) is 0. The Morgan fingerprint density at radius 1 is 1.16 bits per heavy atom. The topological polar surface area (TPSA) is 29.4 Å². The molecule has 0 aromatic heterocycles. The van der Waals surface area contributed by atoms with Gasteiger partial charge in [0.05, 0.1) is 0 Å². The minimum Gasteiger partial charge on any atom is -0.293 e. The highest BCUT2D eigenvalue weighted by atomic mass is 16.1. The van der Waals surface area contributed by atoms with E-state index in [1.165, 1.54) is 43.9 Å². The Morgan fingerprint density at radius 3 is 2.16 bits per heavy atom. The van der Waals surface area contributed by atoms with E-state index in [-0.39, 0.29) is 5.78 Å². The molecule has 0 bridgehead atoms. The molecule has 0 spiro atoms. The number of ketones is 1. The molecular formula is C17H29NO. The van der Waals surface area contributed by atoms with Gasteiger partial charge in [-0.15, -0.1) is 0 Å². The first kappa shape index (κ1) is 17.8. The van der Waals surface area contributed by atoms with Gasteiger partial charge in [0.1, 0.15) is 5.71 Å². The van der Waals surface area contributed by atoms with Crippen LogP contribution in [0.5, 0.6) is 0 Å². The first-order valence-corrected chi connectivity index (χ1v) is 7.41. The van der Waals surface area contributed by atoms with E-state index in [9.17, 15) is 4.79 Å². The Hall–Kier alpha value is -1.18. The third-order valence-electron chi connectivity index (χ3n) is 3.31. The van der Waals surface area contributed by atoms with Gasteiger partial charge in [0.15, 0.2) is 5.78 Å². The van der Waals surface area contributed by atoms with Crippen LogP contribution in [0, 0.1) is 5.92 Å². The highest BCUT2D eigenvalue weighted by molar-refractivity contribution is 6.43. The Bertz CT molecular complexity index is 333. The van der Waals surface area contributed by atoms with Crippen molar-refractivity contribution in [3.63, 3.8) is 0 Å². The van der Waals surface area contributed by atoms with Crippen molar-refractivity contribution in [3.05, 3.63) is 24.4 Å². The number of carbonyl (C=O) groups excluding carboxylic acids is 1. The predicted molar refractivity (Wildman–Crippen MR) is 84.6 cm³/mol. The summed E-state index contributed by atoms with van der Waals surface area (Å²) >= 11 is 0. The molecule has 0 rings (SSSR count). The lowest BCUT2D eigenvalue weighted by molar-refractivity contribution is -0.111. The highest BCUT2D eigenvalue weighted by Crippen LogP contribution is 2.21. The van der Waals surface area contributed by atoms with Gasteiger partial charge in [0.2, 0.25) is 0 Å². The molecule has 108 valence electrons. The second kappa shape index (κ2) is 10.7. The molecule has 0 aliphatic carbocycles. The number of rotatable bonds is 10. The van der Waals surface area contributed by atoms with Crippen LogP contribution in [0.25, 0.3) is 0 Å². The molecule has 0 saturated carbocycles. The van der Waals surface area contributed by atoms with Gasteiger partial charge < -0.3 is 0 Å². The molecule has 0 N–H and O–H groups in total. The molecule has 0 fully saturated rings. The quantitative estimate of drug-likeness (QED) is 0.504. The third-order valence-corrected chi connectivity index (χ3v) is 3.31. The van der Waals surface area contributed by atoms with Gasteiger partial charge in [-0.2, -0.15) is 0 Å². The maximum Gasteiger partial charge on any atom is 0.178 e. The SMILES string of the molecule is C=C/N=C(\C=C(/C)CCC(CCC)CCC)C(C)=O. The lowest BCUT2D eigenvalue weighted by Gasteiger charge is -2.15. The summed E-state index contributed by atoms with van der Waals surface area (Å²) in [6.45, 7) is 11.7. The van der Waals surface area contributed by atoms with Crippen molar-refractivity contribution in [3.8, 4) is 0 Å². The molecule has 0 amide bonds. The fourth-order valence-corrected chi connectivity index (χ4v) is 2.32. The van der Waals surface area contributed by atoms with Crippen LogP contribution in [-0.4, -0.2) is 11.5 Å². The van der Waals surface area contributed by atoms with Crippen molar-refractivity contribution < 1.29 is 4.79 Å². The number of nitrogens with zero attached hydrogens (tertiary/aromatic N) is 1. The van der Waals surface area contributed by atoms with Crippen LogP contribution in [0.4, 0.5) is 0 Å². The lowest BCUT2D eigenvalue weighted by Crippen LogP contribution is -2.07. The largest absolute Gasteiger partial charge is 0.293 e. The molecule has 0 saturated heterocycles. The predicted octanol–water partition coefficient (Wildman–Crippen LogP) is 5.10. The van der Waals surface area contributed by atoms with Gasteiger partial charge in [-0.05, 0) is 31.8 Å². The van der Waals surface area contributed by atoms with Crippen molar-refractivity contribution >= 4 is 11.5 Å². The maximum atomic E-state index is 11.4. The third kappa shape index (κ3) is 8.52. The van der Waals surface area contributed by atoms with Crippen LogP contribution in [0.3, 0.4) is 0 Å². The van der Waals surface area contributed by atoms with E-state index in [2.05, 4.69) is 32.3 Å². The molecule has 2 nitrogen and oxygen atoms in total. The van der Waals surface area contributed by atoms with Crippen LogP contribution in [0.1, 0.15) is 66.2 Å². The molecule has 0 aliphatic rings. The van der Waals surface area contributed by atoms with E-state index < -0.39 is 0 Å². The van der Waals surface area contributed by atoms with Crippen molar-refractivity contribution in [1.29, 1.82) is 0 Å². The molecule has 0 aliphatic heterocycles. The standard InChI is InChI=1S/C17H29NO/c1-6-9-16(10-7-2)12-11-14(4)13-17(15(5)19)18-8-3/h8,13,16H,3,6-7,9-12H2,1-2,4-5H3/b14-13+,18-17+. The number of Topliss-reactive ketones (excluding diaryl/α,β-unsaturated/α-hetero) is 1. The van der Waals surface area contributed by atoms with Gasteiger partial charge in [0, 0.05) is 13.1 Å². The average Bonchev–Trinajstić information content (AvgIpc) is 2.36. The van der Waals surface area contributed by atoms with Gasteiger partial charge in [-0.1, -0.05) is 51.7 Å². The molecule has 0 aromatic carbocycles. The van der Waals surface area contributed by atoms with Crippen LogP contribution in [-0.2, 0) is 4.79 Å². The zero-order valence-corrected chi connectivity index (χ0v) is 13.0. The van der Waals surface area contributed by atoms with Gasteiger partial charge in [0.25, 0.3) is 0 Å². The second-order valence-electron chi connectivity index (χ2n) is 5.23. The van der Waals surface area contributed by atoms with Crippen LogP contribution in [0.15, 0.2) is 29.4 Å². The molecular weight excluding hydrogens is 234 g/mol. The molecule has 0 unspecified atom stereocenters. The summed E-state index contributed by atoms with van der Waals surface area (Å²) in [5.74, 6) is 0.813. The smallest absolute Gasteiger partial charge is 0.178 e. The Morgan fingerprint density at radius 2 is 1.74 bits per heavy atom. The van der Waals surface area contributed by atoms with Crippen molar-refractivity contribution in [2.24, 2.45) is 10.9 Å². The van der Waals surface area contributed by atoms with Gasteiger partial charge in [-0.3, -0.25) is 9.79 Å². The molecule has 0 radical (unpaired) electrons. The zero-order chi connectivity index (χ0) is 14.7. The number of aliphatic imine (C=N–C) groups is 1. The molecule has 0 atom stereocenters. The summed E-state index contributed by atoms with van der Waals surface area (Å²) in [7, 11) is 0. The van der Waals surface area contributed by atoms with E-state index >= 15 is 0 Å². The summed E-state index contributed by atoms with van der Waals surface area (Å²) in [6, 6.07) is 0. The van der Waals surface area contributed by atoms with E-state index in [4.69, 9.17) is 0 Å². The summed E-state index contributed by atoms with van der Waals surface area (Å²) in [4.78, 5) is 15.4. The highest BCUT2D eigenvalue weighted by Gasteiger charge is 2.08. The van der Waals surface area contributed by atoms with E-state index in [0.717, 1.165) is 12.3 Å². The van der Waals surface area contributed by atoms with Crippen LogP contribution >= 0.6 is 0 Å². The molecule has 2 heteroatoms. The summed E-state index contributed by atoms with van der Waals surface area (Å²) in [5.41, 5.74) is 1.74. The summed E-state index contributed by atoms with van der Waals surface area (Å²) in [6.07, 6.45) is 10.7. The van der Waals surface area contributed by atoms with Crippen molar-refractivity contribution in [2.45, 2.75) is 66.2 Å². The molecule has 19 heavy (non-hydrogen) atoms. The van der Waals surface area contributed by atoms with E-state index in [1.807, 2.05) is 6.08 Å². The minimum absolute atomic E-state index is 0.00193. The van der Waals surface area contributed by atoms with Crippen LogP contribution < -0.4 is 0 Å². The van der Waals surface area contributed by atoms with Crippen molar-refractivity contribution in [2.75, 3.05) is 0 Å². The van der Waals surface area contributed by atoms with Crippen molar-refractivity contribution in [1.82, 2.24) is 0 Å². The average molecular weight is 263 g/mol. The zero-order valence-electron chi connectivity index (χ0n) is 13.0. The fourth-order valence-electron chi connectivity index (χ4n) is 2.32. The summed E-state index contributed by atoms with van der Waals surface area (Å²) in [5, 5.41) is 0. The summed E-state index contributed by atoms with van der Waals surface area (Å²) < 4.78 is 0. The minimum atomic E-state index is -0.00193. The fraction of sp³-hybridized carbons (Fsp3) is 0.647. The monoisotopic (exact) mass is 263 g/mol. The molecule has 0 aromatic rings. The number of hydrogen-bond acceptors (Lipinski definition) is 2. The van der Waals surface area contributed by atoms with Crippen LogP contribution in [0.2, 0.25) is 0 Å². The Balaban J connectivity index is 4.48. The van der Waals surface area contributed by atoms with Gasteiger partial charge >= 0.3 is 0 Å². The lowest BCUT2D eigenvalue weighted by atomic mass is 9.91. The number of carbonyl (C=O) groups is 1. The normalized spacial score (nSPS) is 12.9. The Labute approximate surface area is 118 Å². The number of allylic oxidation sites excluding steroid dienone is 2. The first-order valence-electron chi connectivity index (χ1n) is 7.41. The van der Waals surface area contributed by atoms with Gasteiger partial charge in [-0.25, -0.2) is 0 Å². The second-order valence-corrected chi connectivity index (χ2v) is 5.23.